The minimum absolute atomic E-state index is 0.0156. The molecule has 2 rings (SSSR count). The average Bonchev–Trinajstić information content (AvgIpc) is 2.91. The largest absolute Gasteiger partial charge is 0.475 e. The summed E-state index contributed by atoms with van der Waals surface area (Å²) in [6.07, 6.45) is 0.892. The molecule has 2 aromatic rings. The van der Waals surface area contributed by atoms with Gasteiger partial charge in [-0.05, 0) is 31.5 Å². The normalized spacial score (nSPS) is 10.8. The maximum absolute atomic E-state index is 10.8. The molecule has 0 aliphatic rings. The number of carboxylic acid groups (broad SMARTS) is 1. The van der Waals surface area contributed by atoms with E-state index in [0.29, 0.717) is 17.9 Å². The fourth-order valence-corrected chi connectivity index (χ4v) is 2.84. The Bertz CT molecular complexity index is 576. The molecule has 0 bridgehead atoms. The number of aryl methyl sites for hydroxylation is 1. The predicted octanol–water partition coefficient (Wildman–Crippen LogP) is 3.33. The number of hydrogen-bond acceptors (Lipinski definition) is 4. The molecule has 2 N–H and O–H groups in total. The summed E-state index contributed by atoms with van der Waals surface area (Å²) in [6, 6.07) is 5.64. The molecule has 6 heteroatoms. The van der Waals surface area contributed by atoms with Crippen LogP contribution in [0, 0.1) is 6.92 Å². The van der Waals surface area contributed by atoms with Crippen LogP contribution in [0.2, 0.25) is 4.34 Å². The highest BCUT2D eigenvalue weighted by Gasteiger charge is 2.13. The lowest BCUT2D eigenvalue weighted by atomic mass is 10.2. The van der Waals surface area contributed by atoms with Gasteiger partial charge < -0.3 is 14.8 Å². The zero-order valence-corrected chi connectivity index (χ0v) is 12.0. The molecule has 102 valence electrons. The lowest BCUT2D eigenvalue weighted by molar-refractivity contribution is 0.0659. The second-order valence-corrected chi connectivity index (χ2v) is 5.96. The van der Waals surface area contributed by atoms with Crippen molar-refractivity contribution in [1.29, 1.82) is 0 Å². The van der Waals surface area contributed by atoms with Crippen molar-refractivity contribution < 1.29 is 14.3 Å². The van der Waals surface area contributed by atoms with E-state index in [1.807, 2.05) is 12.1 Å². The lowest BCUT2D eigenvalue weighted by Crippen LogP contribution is -2.15. The molecule has 4 nitrogen and oxygen atoms in total. The van der Waals surface area contributed by atoms with Crippen molar-refractivity contribution in [2.24, 2.45) is 0 Å². The third-order valence-corrected chi connectivity index (χ3v) is 3.93. The number of nitrogens with one attached hydrogen (secondary N) is 1. The summed E-state index contributed by atoms with van der Waals surface area (Å²) in [5, 5.41) is 12.1. The van der Waals surface area contributed by atoms with Gasteiger partial charge in [-0.15, -0.1) is 11.3 Å². The zero-order chi connectivity index (χ0) is 13.8. The number of furan rings is 1. The van der Waals surface area contributed by atoms with Crippen molar-refractivity contribution in [2.75, 3.05) is 6.54 Å². The van der Waals surface area contributed by atoms with E-state index >= 15 is 0 Å². The van der Waals surface area contributed by atoms with Gasteiger partial charge in [0.2, 0.25) is 5.76 Å². The standard InChI is InChI=1S/C13H14ClNO3S/c1-8-6-9(18-12(8)13(16)17)7-15-5-4-10-2-3-11(14)19-10/h2-3,6,15H,4-5,7H2,1H3,(H,16,17). The Morgan fingerprint density at radius 3 is 2.89 bits per heavy atom. The highest BCUT2D eigenvalue weighted by atomic mass is 35.5. The van der Waals surface area contributed by atoms with Crippen LogP contribution in [0.4, 0.5) is 0 Å². The van der Waals surface area contributed by atoms with Gasteiger partial charge in [0.1, 0.15) is 5.76 Å². The number of carboxylic acids is 1. The number of aromatic carboxylic acids is 1. The minimum Gasteiger partial charge on any atom is -0.475 e. The van der Waals surface area contributed by atoms with Crippen LogP contribution in [0.1, 0.15) is 26.8 Å². The van der Waals surface area contributed by atoms with Crippen molar-refractivity contribution in [3.8, 4) is 0 Å². The molecule has 0 aliphatic carbocycles. The van der Waals surface area contributed by atoms with Crippen LogP contribution < -0.4 is 5.32 Å². The van der Waals surface area contributed by atoms with Gasteiger partial charge in [0.15, 0.2) is 0 Å². The molecule has 0 saturated carbocycles. The number of hydrogen-bond donors (Lipinski definition) is 2. The highest BCUT2D eigenvalue weighted by molar-refractivity contribution is 7.16. The summed E-state index contributed by atoms with van der Waals surface area (Å²) in [4.78, 5) is 12.0. The van der Waals surface area contributed by atoms with Gasteiger partial charge in [0.25, 0.3) is 0 Å². The second kappa shape index (κ2) is 6.23. The smallest absolute Gasteiger partial charge is 0.372 e. The molecule has 0 fully saturated rings. The van der Waals surface area contributed by atoms with Gasteiger partial charge in [0.05, 0.1) is 10.9 Å². The first-order valence-electron chi connectivity index (χ1n) is 5.84. The minimum atomic E-state index is -1.03. The SMILES string of the molecule is Cc1cc(CNCCc2ccc(Cl)s2)oc1C(=O)O. The third kappa shape index (κ3) is 3.83. The molecule has 2 aromatic heterocycles. The number of halogens is 1. The van der Waals surface area contributed by atoms with E-state index in [2.05, 4.69) is 5.32 Å². The Kier molecular flexibility index (Phi) is 4.63. The summed E-state index contributed by atoms with van der Waals surface area (Å²) < 4.78 is 6.05. The van der Waals surface area contributed by atoms with Gasteiger partial charge >= 0.3 is 5.97 Å². The Labute approximate surface area is 120 Å². The molecule has 0 amide bonds. The van der Waals surface area contributed by atoms with Gasteiger partial charge in [0, 0.05) is 17.0 Å². The first-order chi connectivity index (χ1) is 9.06. The number of carbonyl (C=O) groups is 1. The van der Waals surface area contributed by atoms with Crippen LogP contribution >= 0.6 is 22.9 Å². The van der Waals surface area contributed by atoms with Crippen LogP contribution in [0.3, 0.4) is 0 Å². The molecule has 0 radical (unpaired) electrons. The molecule has 0 saturated heterocycles. The first kappa shape index (κ1) is 14.1. The summed E-state index contributed by atoms with van der Waals surface area (Å²) in [5.41, 5.74) is 0.648. The van der Waals surface area contributed by atoms with E-state index in [1.165, 1.54) is 4.88 Å². The first-order valence-corrected chi connectivity index (χ1v) is 7.03. The number of rotatable bonds is 6. The molecule has 0 aromatic carbocycles. The molecule has 0 aliphatic heterocycles. The van der Waals surface area contributed by atoms with Crippen LogP contribution in [-0.2, 0) is 13.0 Å². The Balaban J connectivity index is 1.79. The topological polar surface area (TPSA) is 62.5 Å². The lowest BCUT2D eigenvalue weighted by Gasteiger charge is -2.00. The molecule has 19 heavy (non-hydrogen) atoms. The maximum atomic E-state index is 10.8. The van der Waals surface area contributed by atoms with E-state index in [4.69, 9.17) is 21.1 Å². The molecule has 2 heterocycles. The fourth-order valence-electron chi connectivity index (χ4n) is 1.76. The van der Waals surface area contributed by atoms with E-state index in [-0.39, 0.29) is 5.76 Å². The molecule has 0 spiro atoms. The Morgan fingerprint density at radius 1 is 1.53 bits per heavy atom. The van der Waals surface area contributed by atoms with E-state index in [0.717, 1.165) is 17.3 Å². The zero-order valence-electron chi connectivity index (χ0n) is 10.4. The van der Waals surface area contributed by atoms with Crippen LogP contribution in [-0.4, -0.2) is 17.6 Å². The fraction of sp³-hybridized carbons (Fsp3) is 0.308. The van der Waals surface area contributed by atoms with Crippen molar-refractivity contribution in [3.05, 3.63) is 44.5 Å². The van der Waals surface area contributed by atoms with Crippen molar-refractivity contribution >= 4 is 28.9 Å². The van der Waals surface area contributed by atoms with E-state index < -0.39 is 5.97 Å². The second-order valence-electron chi connectivity index (χ2n) is 4.16. The van der Waals surface area contributed by atoms with E-state index in [9.17, 15) is 4.79 Å². The van der Waals surface area contributed by atoms with Crippen molar-refractivity contribution in [1.82, 2.24) is 5.32 Å². The van der Waals surface area contributed by atoms with Crippen molar-refractivity contribution in [2.45, 2.75) is 19.9 Å². The summed E-state index contributed by atoms with van der Waals surface area (Å²) in [7, 11) is 0. The van der Waals surface area contributed by atoms with Crippen LogP contribution in [0.5, 0.6) is 0 Å². The summed E-state index contributed by atoms with van der Waals surface area (Å²) >= 11 is 7.42. The van der Waals surface area contributed by atoms with E-state index in [1.54, 1.807) is 24.3 Å². The highest BCUT2D eigenvalue weighted by Crippen LogP contribution is 2.21. The third-order valence-electron chi connectivity index (χ3n) is 2.64. The summed E-state index contributed by atoms with van der Waals surface area (Å²) in [5.74, 6) is -0.377. The van der Waals surface area contributed by atoms with Gasteiger partial charge in [-0.2, -0.15) is 0 Å². The van der Waals surface area contributed by atoms with Crippen molar-refractivity contribution in [3.63, 3.8) is 0 Å². The van der Waals surface area contributed by atoms with Gasteiger partial charge in [-0.3, -0.25) is 0 Å². The molecule has 0 unspecified atom stereocenters. The number of thiophene rings is 1. The Morgan fingerprint density at radius 2 is 2.32 bits per heavy atom. The average molecular weight is 300 g/mol. The monoisotopic (exact) mass is 299 g/mol. The summed E-state index contributed by atoms with van der Waals surface area (Å²) in [6.45, 7) is 3.04. The maximum Gasteiger partial charge on any atom is 0.372 e. The molecule has 0 atom stereocenters. The van der Waals surface area contributed by atoms with Gasteiger partial charge in [-0.1, -0.05) is 11.6 Å². The predicted molar refractivity (Wildman–Crippen MR) is 75.1 cm³/mol. The van der Waals surface area contributed by atoms with Crippen LogP contribution in [0.25, 0.3) is 0 Å². The molecular formula is C13H14ClNO3S. The molecular weight excluding hydrogens is 286 g/mol. The van der Waals surface area contributed by atoms with Gasteiger partial charge in [-0.25, -0.2) is 4.79 Å². The Hall–Kier alpha value is -1.30. The quantitative estimate of drug-likeness (QED) is 0.803. The van der Waals surface area contributed by atoms with Crippen LogP contribution in [0.15, 0.2) is 22.6 Å².